The number of methoxy groups -OCH3 is 1. The summed E-state index contributed by atoms with van der Waals surface area (Å²) in [5.74, 6) is 1.13. The van der Waals surface area contributed by atoms with Crippen molar-refractivity contribution >= 4 is 11.7 Å². The van der Waals surface area contributed by atoms with E-state index in [1.54, 1.807) is 25.3 Å². The number of aryl methyl sites for hydroxylation is 1. The van der Waals surface area contributed by atoms with E-state index < -0.39 is 5.60 Å². The van der Waals surface area contributed by atoms with Gasteiger partial charge >= 0.3 is 0 Å². The fraction of sp³-hybridized carbons (Fsp3) is 0.481. The van der Waals surface area contributed by atoms with E-state index in [4.69, 9.17) is 4.74 Å². The maximum absolute atomic E-state index is 13.3. The van der Waals surface area contributed by atoms with Crippen molar-refractivity contribution in [3.05, 3.63) is 70.3 Å². The van der Waals surface area contributed by atoms with E-state index in [9.17, 15) is 14.7 Å². The highest BCUT2D eigenvalue weighted by Crippen LogP contribution is 2.55. The topological polar surface area (TPSA) is 75.6 Å². The van der Waals surface area contributed by atoms with Crippen molar-refractivity contribution in [1.82, 2.24) is 5.32 Å². The van der Waals surface area contributed by atoms with Crippen LogP contribution in [0.5, 0.6) is 0 Å². The van der Waals surface area contributed by atoms with Gasteiger partial charge in [0.25, 0.3) is 5.91 Å². The number of hydrogen-bond donors (Lipinski definition) is 2. The molecule has 0 radical (unpaired) electrons. The Balaban J connectivity index is 1.38. The highest BCUT2D eigenvalue weighted by Gasteiger charge is 2.55. The largest absolute Gasteiger partial charge is 0.390 e. The second-order valence-corrected chi connectivity index (χ2v) is 10.1. The van der Waals surface area contributed by atoms with Gasteiger partial charge in [-0.1, -0.05) is 30.3 Å². The Labute approximate surface area is 189 Å². The molecule has 0 aliphatic heterocycles. The summed E-state index contributed by atoms with van der Waals surface area (Å²) in [4.78, 5) is 26.4. The molecule has 6 rings (SSSR count). The first-order valence-corrected chi connectivity index (χ1v) is 11.6. The Morgan fingerprint density at radius 2 is 1.78 bits per heavy atom. The molecule has 4 saturated carbocycles. The first-order chi connectivity index (χ1) is 15.4. The molecule has 168 valence electrons. The molecule has 2 N–H and O–H groups in total. The molecule has 2 aromatic rings. The second-order valence-electron chi connectivity index (χ2n) is 10.1. The van der Waals surface area contributed by atoms with Crippen LogP contribution >= 0.6 is 0 Å². The third-order valence-electron chi connectivity index (χ3n) is 7.84. The van der Waals surface area contributed by atoms with Gasteiger partial charge in [0.2, 0.25) is 0 Å². The number of amides is 1. The third-order valence-corrected chi connectivity index (χ3v) is 7.84. The Bertz CT molecular complexity index is 1050. The van der Waals surface area contributed by atoms with E-state index in [0.29, 0.717) is 40.0 Å². The third kappa shape index (κ3) is 3.78. The number of aliphatic hydroxyl groups is 1. The van der Waals surface area contributed by atoms with Crippen molar-refractivity contribution in [2.45, 2.75) is 57.3 Å². The number of nitrogens with one attached hydrogen (secondary N) is 1. The first kappa shape index (κ1) is 21.4. The maximum atomic E-state index is 13.3. The van der Waals surface area contributed by atoms with E-state index in [0.717, 1.165) is 37.7 Å². The van der Waals surface area contributed by atoms with Crippen molar-refractivity contribution in [3.63, 3.8) is 0 Å². The number of hydrogen-bond acceptors (Lipinski definition) is 4. The summed E-state index contributed by atoms with van der Waals surface area (Å²) in [6, 6.07) is 12.9. The van der Waals surface area contributed by atoms with Crippen LogP contribution in [-0.2, 0) is 11.3 Å². The highest BCUT2D eigenvalue weighted by molar-refractivity contribution is 6.10. The highest BCUT2D eigenvalue weighted by atomic mass is 16.5. The smallest absolute Gasteiger partial charge is 0.251 e. The van der Waals surface area contributed by atoms with E-state index >= 15 is 0 Å². The first-order valence-electron chi connectivity index (χ1n) is 11.6. The Hall–Kier alpha value is -2.50. The molecule has 5 heteroatoms. The second kappa shape index (κ2) is 8.13. The molecule has 1 amide bonds. The monoisotopic (exact) mass is 433 g/mol. The number of carbonyl (C=O) groups is 2. The van der Waals surface area contributed by atoms with E-state index in [2.05, 4.69) is 5.32 Å². The molecule has 5 nitrogen and oxygen atoms in total. The van der Waals surface area contributed by atoms with Crippen LogP contribution in [0.4, 0.5) is 0 Å². The lowest BCUT2D eigenvalue weighted by atomic mass is 9.52. The van der Waals surface area contributed by atoms with E-state index in [-0.39, 0.29) is 24.3 Å². The number of rotatable bonds is 6. The summed E-state index contributed by atoms with van der Waals surface area (Å²) >= 11 is 0. The normalized spacial score (nSPS) is 30.3. The minimum Gasteiger partial charge on any atom is -0.390 e. The zero-order chi connectivity index (χ0) is 22.5. The van der Waals surface area contributed by atoms with Crippen molar-refractivity contribution in [2.24, 2.45) is 17.8 Å². The predicted octanol–water partition coefficient (Wildman–Crippen LogP) is 4.04. The van der Waals surface area contributed by atoms with Gasteiger partial charge in [0, 0.05) is 29.8 Å². The summed E-state index contributed by atoms with van der Waals surface area (Å²) in [6.07, 6.45) is 4.70. The molecule has 2 aromatic carbocycles. The zero-order valence-corrected chi connectivity index (χ0v) is 18.8. The lowest BCUT2D eigenvalue weighted by Gasteiger charge is -2.58. The van der Waals surface area contributed by atoms with Crippen molar-refractivity contribution in [3.8, 4) is 0 Å². The van der Waals surface area contributed by atoms with Gasteiger partial charge in [-0.3, -0.25) is 9.59 Å². The molecular formula is C27H31NO4. The van der Waals surface area contributed by atoms with Crippen LogP contribution in [0, 0.1) is 24.7 Å². The van der Waals surface area contributed by atoms with Crippen molar-refractivity contribution < 1.29 is 19.4 Å². The number of benzene rings is 2. The van der Waals surface area contributed by atoms with Gasteiger partial charge in [0.05, 0.1) is 12.2 Å². The minimum absolute atomic E-state index is 0.0540. The van der Waals surface area contributed by atoms with Crippen LogP contribution < -0.4 is 5.32 Å². The number of ether oxygens (including phenoxy) is 1. The summed E-state index contributed by atoms with van der Waals surface area (Å²) < 4.78 is 5.36. The van der Waals surface area contributed by atoms with Crippen LogP contribution in [-0.4, -0.2) is 35.5 Å². The molecule has 4 aliphatic rings. The molecule has 0 aromatic heterocycles. The van der Waals surface area contributed by atoms with Crippen LogP contribution in [0.3, 0.4) is 0 Å². The molecule has 32 heavy (non-hydrogen) atoms. The lowest BCUT2D eigenvalue weighted by Crippen LogP contribution is -2.61. The maximum Gasteiger partial charge on any atom is 0.251 e. The fourth-order valence-electron chi connectivity index (χ4n) is 6.66. The summed E-state index contributed by atoms with van der Waals surface area (Å²) in [5, 5.41) is 14.1. The molecule has 4 bridgehead atoms. The van der Waals surface area contributed by atoms with Crippen LogP contribution in [0.1, 0.15) is 69.5 Å². The number of ketones is 1. The van der Waals surface area contributed by atoms with Gasteiger partial charge in [-0.15, -0.1) is 0 Å². The Morgan fingerprint density at radius 1 is 1.06 bits per heavy atom. The summed E-state index contributed by atoms with van der Waals surface area (Å²) in [7, 11) is 1.59. The van der Waals surface area contributed by atoms with E-state index in [1.807, 2.05) is 31.2 Å². The summed E-state index contributed by atoms with van der Waals surface area (Å²) in [6.45, 7) is 2.18. The number of carbonyl (C=O) groups excluding carboxylic acids is 2. The molecule has 0 saturated heterocycles. The molecule has 4 aliphatic carbocycles. The SMILES string of the molecule is COCc1cc(C(=O)c2ccccc2C)ccc1C(=O)N[C@H]1C2CC3CC1C[C@](O)(C3)C2. The Morgan fingerprint density at radius 3 is 2.44 bits per heavy atom. The van der Waals surface area contributed by atoms with E-state index in [1.165, 1.54) is 0 Å². The predicted molar refractivity (Wildman–Crippen MR) is 122 cm³/mol. The van der Waals surface area contributed by atoms with Crippen LogP contribution in [0.2, 0.25) is 0 Å². The van der Waals surface area contributed by atoms with Gasteiger partial charge in [-0.2, -0.15) is 0 Å². The molecule has 2 unspecified atom stereocenters. The fourth-order valence-corrected chi connectivity index (χ4v) is 6.66. The average Bonchev–Trinajstić information content (AvgIpc) is 2.75. The van der Waals surface area contributed by atoms with Gasteiger partial charge in [0.1, 0.15) is 0 Å². The minimum atomic E-state index is -0.517. The van der Waals surface area contributed by atoms with Crippen LogP contribution in [0.25, 0.3) is 0 Å². The standard InChI is InChI=1S/C27H31NO4/c1-16-5-3-4-6-22(16)25(29)18-7-8-23(21(11-18)15-32-2)26(30)28-24-19-9-17-10-20(24)14-27(31,12-17)13-19/h3-8,11,17,19-20,24,31H,9-10,12-15H2,1-2H3,(H,28,30)/t17?,19?,20?,24-,27-. The van der Waals surface area contributed by atoms with Crippen molar-refractivity contribution in [1.29, 1.82) is 0 Å². The molecule has 2 atom stereocenters. The zero-order valence-electron chi connectivity index (χ0n) is 18.8. The average molecular weight is 434 g/mol. The van der Waals surface area contributed by atoms with Gasteiger partial charge in [-0.05, 0) is 80.0 Å². The van der Waals surface area contributed by atoms with Gasteiger partial charge in [-0.25, -0.2) is 0 Å². The Kier molecular flexibility index (Phi) is 5.42. The van der Waals surface area contributed by atoms with Gasteiger partial charge in [0.15, 0.2) is 5.78 Å². The van der Waals surface area contributed by atoms with Crippen LogP contribution in [0.15, 0.2) is 42.5 Å². The molecule has 0 spiro atoms. The quantitative estimate of drug-likeness (QED) is 0.674. The van der Waals surface area contributed by atoms with Crippen molar-refractivity contribution in [2.75, 3.05) is 7.11 Å². The lowest BCUT2D eigenvalue weighted by molar-refractivity contribution is -0.136. The molecular weight excluding hydrogens is 402 g/mol. The summed E-state index contributed by atoms with van der Waals surface area (Å²) in [5.41, 5.74) is 2.90. The molecule has 4 fully saturated rings. The molecule has 0 heterocycles. The van der Waals surface area contributed by atoms with Gasteiger partial charge < -0.3 is 15.2 Å².